The first kappa shape index (κ1) is 13.9. The van der Waals surface area contributed by atoms with Crippen LogP contribution in [0.2, 0.25) is 0 Å². The zero-order chi connectivity index (χ0) is 13.3. The summed E-state index contributed by atoms with van der Waals surface area (Å²) in [6, 6.07) is 3.01. The number of sulfonamides is 1. The van der Waals surface area contributed by atoms with E-state index in [2.05, 4.69) is 4.90 Å². The molecule has 0 amide bonds. The number of likely N-dealkylation sites (N-methyl/N-ethyl adjacent to an activating group) is 1. The number of halogens is 1. The fourth-order valence-electron chi connectivity index (χ4n) is 2.16. The highest BCUT2D eigenvalue weighted by atomic mass is 35.5. The average Bonchev–Trinajstić information content (AvgIpc) is 2.77. The molecule has 102 valence electrons. The lowest BCUT2D eigenvalue weighted by Gasteiger charge is -2.36. The molecule has 0 N–H and O–H groups in total. The molecule has 1 atom stereocenters. The molecule has 0 aliphatic carbocycles. The van der Waals surface area contributed by atoms with Crippen LogP contribution in [0.5, 0.6) is 0 Å². The van der Waals surface area contributed by atoms with Crippen LogP contribution >= 0.6 is 11.6 Å². The van der Waals surface area contributed by atoms with E-state index in [9.17, 15) is 8.42 Å². The highest BCUT2D eigenvalue weighted by Crippen LogP contribution is 2.23. The number of piperazine rings is 1. The lowest BCUT2D eigenvalue weighted by atomic mass is 10.2. The van der Waals surface area contributed by atoms with Crippen LogP contribution < -0.4 is 0 Å². The minimum absolute atomic E-state index is 0.0189. The van der Waals surface area contributed by atoms with Crippen molar-refractivity contribution in [1.29, 1.82) is 0 Å². The van der Waals surface area contributed by atoms with Crippen molar-refractivity contribution in [2.45, 2.75) is 23.9 Å². The maximum atomic E-state index is 12.4. The molecular weight excluding hydrogens is 276 g/mol. The summed E-state index contributed by atoms with van der Waals surface area (Å²) in [5, 5.41) is -0.0189. The Balaban J connectivity index is 2.25. The van der Waals surface area contributed by atoms with Gasteiger partial charge >= 0.3 is 0 Å². The van der Waals surface area contributed by atoms with E-state index in [4.69, 9.17) is 16.0 Å². The van der Waals surface area contributed by atoms with Crippen LogP contribution in [0.25, 0.3) is 0 Å². The molecular formula is C11H17ClN2O3S. The Morgan fingerprint density at radius 2 is 2.17 bits per heavy atom. The zero-order valence-electron chi connectivity index (χ0n) is 10.5. The van der Waals surface area contributed by atoms with Crippen molar-refractivity contribution in [2.24, 2.45) is 0 Å². The molecule has 18 heavy (non-hydrogen) atoms. The summed E-state index contributed by atoms with van der Waals surface area (Å²) < 4.78 is 31.5. The summed E-state index contributed by atoms with van der Waals surface area (Å²) in [5.41, 5.74) is 0. The van der Waals surface area contributed by atoms with Gasteiger partial charge in [-0.1, -0.05) is 0 Å². The molecule has 1 aliphatic rings. The van der Waals surface area contributed by atoms with Crippen LogP contribution in [-0.2, 0) is 15.9 Å². The SMILES string of the molecule is CC1CN(C)CCN1S(=O)(=O)c1ccc(CCl)o1. The summed E-state index contributed by atoms with van der Waals surface area (Å²) >= 11 is 5.62. The molecule has 1 aromatic rings. The van der Waals surface area contributed by atoms with Crippen LogP contribution in [0.4, 0.5) is 0 Å². The molecule has 0 spiro atoms. The minimum atomic E-state index is -3.54. The first-order valence-electron chi connectivity index (χ1n) is 5.80. The van der Waals surface area contributed by atoms with Crippen molar-refractivity contribution in [3.8, 4) is 0 Å². The van der Waals surface area contributed by atoms with Gasteiger partial charge in [-0.3, -0.25) is 0 Å². The molecule has 0 saturated carbocycles. The van der Waals surface area contributed by atoms with Gasteiger partial charge in [0.1, 0.15) is 5.76 Å². The van der Waals surface area contributed by atoms with Gasteiger partial charge in [0.05, 0.1) is 5.88 Å². The van der Waals surface area contributed by atoms with Gasteiger partial charge in [0, 0.05) is 25.7 Å². The molecule has 1 aromatic heterocycles. The van der Waals surface area contributed by atoms with E-state index in [1.165, 1.54) is 10.4 Å². The van der Waals surface area contributed by atoms with Crippen molar-refractivity contribution in [2.75, 3.05) is 26.7 Å². The van der Waals surface area contributed by atoms with Crippen molar-refractivity contribution in [3.05, 3.63) is 17.9 Å². The van der Waals surface area contributed by atoms with E-state index in [0.717, 1.165) is 13.1 Å². The van der Waals surface area contributed by atoms with Gasteiger partial charge in [-0.25, -0.2) is 8.42 Å². The van der Waals surface area contributed by atoms with E-state index < -0.39 is 10.0 Å². The third-order valence-electron chi connectivity index (χ3n) is 3.10. The second-order valence-electron chi connectivity index (χ2n) is 4.58. The quantitative estimate of drug-likeness (QED) is 0.789. The lowest BCUT2D eigenvalue weighted by molar-refractivity contribution is 0.168. The summed E-state index contributed by atoms with van der Waals surface area (Å²) in [4.78, 5) is 2.11. The van der Waals surface area contributed by atoms with Gasteiger partial charge < -0.3 is 9.32 Å². The van der Waals surface area contributed by atoms with Crippen LogP contribution in [0, 0.1) is 0 Å². The molecule has 0 bridgehead atoms. The van der Waals surface area contributed by atoms with Gasteiger partial charge in [-0.2, -0.15) is 4.31 Å². The Morgan fingerprint density at radius 3 is 2.72 bits per heavy atom. The first-order valence-corrected chi connectivity index (χ1v) is 7.77. The Hall–Kier alpha value is -0.560. The molecule has 1 saturated heterocycles. The predicted octanol–water partition coefficient (Wildman–Crippen LogP) is 1.34. The predicted molar refractivity (Wildman–Crippen MR) is 69.1 cm³/mol. The topological polar surface area (TPSA) is 53.8 Å². The molecule has 0 radical (unpaired) electrons. The zero-order valence-corrected chi connectivity index (χ0v) is 12.0. The van der Waals surface area contributed by atoms with E-state index in [1.807, 2.05) is 14.0 Å². The molecule has 1 fully saturated rings. The number of furan rings is 1. The van der Waals surface area contributed by atoms with Gasteiger partial charge in [-0.15, -0.1) is 11.6 Å². The summed E-state index contributed by atoms with van der Waals surface area (Å²) in [6.45, 7) is 3.84. The number of nitrogens with zero attached hydrogens (tertiary/aromatic N) is 2. The third-order valence-corrected chi connectivity index (χ3v) is 5.25. The minimum Gasteiger partial charge on any atom is -0.447 e. The standard InChI is InChI=1S/C11H17ClN2O3S/c1-9-8-13(2)5-6-14(9)18(15,16)11-4-3-10(7-12)17-11/h3-4,9H,5-8H2,1-2H3. The number of hydrogen-bond acceptors (Lipinski definition) is 4. The highest BCUT2D eigenvalue weighted by molar-refractivity contribution is 7.89. The Bertz CT molecular complexity index is 514. The Labute approximate surface area is 112 Å². The smallest absolute Gasteiger partial charge is 0.276 e. The summed E-state index contributed by atoms with van der Waals surface area (Å²) in [5.74, 6) is 0.644. The first-order chi connectivity index (χ1) is 8.45. The Morgan fingerprint density at radius 1 is 1.44 bits per heavy atom. The number of rotatable bonds is 3. The van der Waals surface area contributed by atoms with Gasteiger partial charge in [0.15, 0.2) is 0 Å². The van der Waals surface area contributed by atoms with Crippen molar-refractivity contribution in [3.63, 3.8) is 0 Å². The molecule has 7 heteroatoms. The molecule has 5 nitrogen and oxygen atoms in total. The molecule has 2 heterocycles. The summed E-state index contributed by atoms with van der Waals surface area (Å²) in [6.07, 6.45) is 0. The van der Waals surface area contributed by atoms with Gasteiger partial charge in [0.25, 0.3) is 10.0 Å². The van der Waals surface area contributed by atoms with Crippen molar-refractivity contribution >= 4 is 21.6 Å². The largest absolute Gasteiger partial charge is 0.447 e. The van der Waals surface area contributed by atoms with Gasteiger partial charge in [0.2, 0.25) is 5.09 Å². The second-order valence-corrected chi connectivity index (χ2v) is 6.67. The van der Waals surface area contributed by atoms with E-state index >= 15 is 0 Å². The van der Waals surface area contributed by atoms with Crippen molar-refractivity contribution in [1.82, 2.24) is 9.21 Å². The van der Waals surface area contributed by atoms with Crippen molar-refractivity contribution < 1.29 is 12.8 Å². The molecule has 1 unspecified atom stereocenters. The van der Waals surface area contributed by atoms with Crippen LogP contribution in [-0.4, -0.2) is 50.3 Å². The molecule has 0 aromatic carbocycles. The lowest BCUT2D eigenvalue weighted by Crippen LogP contribution is -2.52. The fourth-order valence-corrected chi connectivity index (χ4v) is 3.85. The van der Waals surface area contributed by atoms with E-state index in [-0.39, 0.29) is 17.0 Å². The maximum Gasteiger partial charge on any atom is 0.276 e. The number of hydrogen-bond donors (Lipinski definition) is 0. The maximum absolute atomic E-state index is 12.4. The highest BCUT2D eigenvalue weighted by Gasteiger charge is 2.34. The van der Waals surface area contributed by atoms with E-state index in [1.54, 1.807) is 6.07 Å². The van der Waals surface area contributed by atoms with Crippen LogP contribution in [0.3, 0.4) is 0 Å². The van der Waals surface area contributed by atoms with Crippen LogP contribution in [0.15, 0.2) is 21.6 Å². The molecule has 1 aliphatic heterocycles. The normalized spacial score (nSPS) is 23.4. The number of alkyl halides is 1. The monoisotopic (exact) mass is 292 g/mol. The fraction of sp³-hybridized carbons (Fsp3) is 0.636. The third kappa shape index (κ3) is 2.56. The molecule has 2 rings (SSSR count). The average molecular weight is 293 g/mol. The second kappa shape index (κ2) is 5.21. The van der Waals surface area contributed by atoms with Gasteiger partial charge in [-0.05, 0) is 26.1 Å². The van der Waals surface area contributed by atoms with E-state index in [0.29, 0.717) is 12.3 Å². The van der Waals surface area contributed by atoms with Crippen LogP contribution in [0.1, 0.15) is 12.7 Å². The Kier molecular flexibility index (Phi) is 4.01. The summed E-state index contributed by atoms with van der Waals surface area (Å²) in [7, 11) is -1.56.